The van der Waals surface area contributed by atoms with E-state index in [1.54, 1.807) is 24.3 Å². The number of hydrogen-bond donors (Lipinski definition) is 4. The molecule has 0 atom stereocenters. The minimum absolute atomic E-state index is 0.288. The van der Waals surface area contributed by atoms with E-state index in [2.05, 4.69) is 20.9 Å². The first-order valence-corrected chi connectivity index (χ1v) is 8.55. The van der Waals surface area contributed by atoms with Gasteiger partial charge in [-0.15, -0.1) is 0 Å². The first-order chi connectivity index (χ1) is 13.1. The molecule has 4 N–H and O–H groups in total. The molecule has 0 aliphatic carbocycles. The van der Waals surface area contributed by atoms with Crippen molar-refractivity contribution in [2.24, 2.45) is 0 Å². The number of rotatable bonds is 5. The molecule has 7 heteroatoms. The average molecular weight is 364 g/mol. The molecule has 3 rings (SSSR count). The molecule has 3 amide bonds. The summed E-state index contributed by atoms with van der Waals surface area (Å²) >= 11 is 0. The molecule has 7 nitrogen and oxygen atoms in total. The molecule has 1 heterocycles. The van der Waals surface area contributed by atoms with E-state index >= 15 is 0 Å². The summed E-state index contributed by atoms with van der Waals surface area (Å²) in [5, 5.41) is 8.68. The van der Waals surface area contributed by atoms with Crippen molar-refractivity contribution in [3.8, 4) is 0 Å². The summed E-state index contributed by atoms with van der Waals surface area (Å²) in [4.78, 5) is 38.8. The summed E-state index contributed by atoms with van der Waals surface area (Å²) < 4.78 is 0. The molecule has 0 spiro atoms. The van der Waals surface area contributed by atoms with Gasteiger partial charge in [-0.1, -0.05) is 30.3 Å². The highest BCUT2D eigenvalue weighted by Crippen LogP contribution is 2.18. The number of amides is 3. The molecule has 1 aromatic heterocycles. The lowest BCUT2D eigenvalue weighted by atomic mass is 10.1. The number of carbonyl (C=O) groups is 3. The molecule has 0 unspecified atom stereocenters. The highest BCUT2D eigenvalue weighted by molar-refractivity contribution is 6.39. The van der Waals surface area contributed by atoms with Crippen LogP contribution < -0.4 is 16.0 Å². The average Bonchev–Trinajstić information content (AvgIpc) is 3.11. The summed E-state index contributed by atoms with van der Waals surface area (Å²) in [5.74, 6) is -1.91. The van der Waals surface area contributed by atoms with Gasteiger partial charge in [0.05, 0.1) is 11.3 Å². The molecule has 0 aliphatic heterocycles. The van der Waals surface area contributed by atoms with E-state index in [0.717, 1.165) is 16.5 Å². The Kier molecular flexibility index (Phi) is 5.51. The first kappa shape index (κ1) is 18.2. The van der Waals surface area contributed by atoms with E-state index in [-0.39, 0.29) is 11.6 Å². The Labute approximate surface area is 156 Å². The van der Waals surface area contributed by atoms with Gasteiger partial charge in [0, 0.05) is 30.7 Å². The number of likely N-dealkylation sites (N-methyl/N-ethyl adjacent to an activating group) is 1. The largest absolute Gasteiger partial charge is 0.361 e. The third kappa shape index (κ3) is 4.14. The van der Waals surface area contributed by atoms with Crippen LogP contribution in [0.3, 0.4) is 0 Å². The molecule has 27 heavy (non-hydrogen) atoms. The van der Waals surface area contributed by atoms with Crippen LogP contribution in [0.2, 0.25) is 0 Å². The van der Waals surface area contributed by atoms with Gasteiger partial charge in [-0.2, -0.15) is 0 Å². The Bertz CT molecular complexity index is 994. The SMILES string of the molecule is CNC(=O)C(=O)Nc1ccccc1C(=O)NCCc1c[nH]c2ccccc12. The molecule has 3 aromatic rings. The predicted octanol–water partition coefficient (Wildman–Crippen LogP) is 1.82. The zero-order valence-electron chi connectivity index (χ0n) is 14.8. The van der Waals surface area contributed by atoms with E-state index in [0.29, 0.717) is 18.5 Å². The number of carbonyl (C=O) groups excluding carboxylic acids is 3. The third-order valence-corrected chi connectivity index (χ3v) is 4.21. The summed E-state index contributed by atoms with van der Waals surface area (Å²) in [6, 6.07) is 14.5. The zero-order chi connectivity index (χ0) is 19.2. The minimum Gasteiger partial charge on any atom is -0.361 e. The van der Waals surface area contributed by atoms with Gasteiger partial charge in [0.15, 0.2) is 0 Å². The standard InChI is InChI=1S/C20H20N4O3/c1-21-19(26)20(27)24-17-9-5-3-7-15(17)18(25)22-11-10-13-12-23-16-8-4-2-6-14(13)16/h2-9,12,23H,10-11H2,1H3,(H,21,26)(H,22,25)(H,24,27). The van der Waals surface area contributed by atoms with Crippen LogP contribution in [0.1, 0.15) is 15.9 Å². The van der Waals surface area contributed by atoms with Crippen LogP contribution in [0, 0.1) is 0 Å². The quantitative estimate of drug-likeness (QED) is 0.519. The molecule has 0 saturated heterocycles. The number of anilines is 1. The summed E-state index contributed by atoms with van der Waals surface area (Å²) in [6.45, 7) is 0.443. The molecular formula is C20H20N4O3. The molecule has 0 aliphatic rings. The van der Waals surface area contributed by atoms with E-state index in [1.165, 1.54) is 7.05 Å². The van der Waals surface area contributed by atoms with Crippen molar-refractivity contribution in [3.63, 3.8) is 0 Å². The molecular weight excluding hydrogens is 344 g/mol. The van der Waals surface area contributed by atoms with Crippen molar-refractivity contribution in [1.29, 1.82) is 0 Å². The Balaban J connectivity index is 1.64. The molecule has 138 valence electrons. The number of fused-ring (bicyclic) bond motifs is 1. The van der Waals surface area contributed by atoms with Gasteiger partial charge >= 0.3 is 11.8 Å². The lowest BCUT2D eigenvalue weighted by Crippen LogP contribution is -2.34. The maximum atomic E-state index is 12.5. The van der Waals surface area contributed by atoms with Crippen molar-refractivity contribution in [2.45, 2.75) is 6.42 Å². The lowest BCUT2D eigenvalue weighted by molar-refractivity contribution is -0.135. The fourth-order valence-corrected chi connectivity index (χ4v) is 2.83. The Morgan fingerprint density at radius 2 is 1.70 bits per heavy atom. The highest BCUT2D eigenvalue weighted by atomic mass is 16.2. The van der Waals surface area contributed by atoms with Crippen molar-refractivity contribution < 1.29 is 14.4 Å². The van der Waals surface area contributed by atoms with E-state index in [4.69, 9.17) is 0 Å². The van der Waals surface area contributed by atoms with Crippen molar-refractivity contribution >= 4 is 34.3 Å². The Morgan fingerprint density at radius 3 is 2.52 bits per heavy atom. The number of aromatic amines is 1. The molecule has 0 bridgehead atoms. The summed E-state index contributed by atoms with van der Waals surface area (Å²) in [6.07, 6.45) is 2.61. The van der Waals surface area contributed by atoms with Crippen molar-refractivity contribution in [2.75, 3.05) is 18.9 Å². The van der Waals surface area contributed by atoms with Gasteiger partial charge in [-0.25, -0.2) is 0 Å². The van der Waals surface area contributed by atoms with Crippen molar-refractivity contribution in [1.82, 2.24) is 15.6 Å². The number of nitrogens with one attached hydrogen (secondary N) is 4. The monoisotopic (exact) mass is 364 g/mol. The topological polar surface area (TPSA) is 103 Å². The summed E-state index contributed by atoms with van der Waals surface area (Å²) in [5.41, 5.74) is 2.76. The van der Waals surface area contributed by atoms with E-state index in [1.807, 2.05) is 30.5 Å². The molecule has 2 aromatic carbocycles. The van der Waals surface area contributed by atoms with E-state index in [9.17, 15) is 14.4 Å². The second-order valence-electron chi connectivity index (χ2n) is 5.94. The second kappa shape index (κ2) is 8.18. The van der Waals surface area contributed by atoms with Crippen LogP contribution in [0.5, 0.6) is 0 Å². The third-order valence-electron chi connectivity index (χ3n) is 4.21. The Hall–Kier alpha value is -3.61. The van der Waals surface area contributed by atoms with Crippen LogP contribution in [-0.2, 0) is 16.0 Å². The first-order valence-electron chi connectivity index (χ1n) is 8.55. The Morgan fingerprint density at radius 1 is 0.963 bits per heavy atom. The minimum atomic E-state index is -0.823. The van der Waals surface area contributed by atoms with Gasteiger partial charge < -0.3 is 20.9 Å². The van der Waals surface area contributed by atoms with Crippen LogP contribution in [0.15, 0.2) is 54.7 Å². The van der Waals surface area contributed by atoms with Crippen LogP contribution in [0.25, 0.3) is 10.9 Å². The van der Waals surface area contributed by atoms with Crippen LogP contribution in [0.4, 0.5) is 5.69 Å². The van der Waals surface area contributed by atoms with Crippen LogP contribution >= 0.6 is 0 Å². The van der Waals surface area contributed by atoms with Gasteiger partial charge in [0.2, 0.25) is 0 Å². The molecule has 0 radical (unpaired) electrons. The normalized spacial score (nSPS) is 10.4. The van der Waals surface area contributed by atoms with Crippen LogP contribution in [-0.4, -0.2) is 36.3 Å². The van der Waals surface area contributed by atoms with Crippen molar-refractivity contribution in [3.05, 3.63) is 65.9 Å². The smallest absolute Gasteiger partial charge is 0.313 e. The predicted molar refractivity (Wildman–Crippen MR) is 103 cm³/mol. The maximum absolute atomic E-state index is 12.5. The van der Waals surface area contributed by atoms with Gasteiger partial charge in [0.25, 0.3) is 5.91 Å². The van der Waals surface area contributed by atoms with Gasteiger partial charge in [-0.05, 0) is 30.2 Å². The number of benzene rings is 2. The lowest BCUT2D eigenvalue weighted by Gasteiger charge is -2.11. The second-order valence-corrected chi connectivity index (χ2v) is 5.94. The number of aromatic nitrogens is 1. The van der Waals surface area contributed by atoms with Gasteiger partial charge in [0.1, 0.15) is 0 Å². The highest BCUT2D eigenvalue weighted by Gasteiger charge is 2.16. The van der Waals surface area contributed by atoms with Gasteiger partial charge in [-0.3, -0.25) is 14.4 Å². The number of H-pyrrole nitrogens is 1. The fourth-order valence-electron chi connectivity index (χ4n) is 2.83. The number of para-hydroxylation sites is 2. The maximum Gasteiger partial charge on any atom is 0.313 e. The molecule has 0 saturated carbocycles. The summed E-state index contributed by atoms with van der Waals surface area (Å²) in [7, 11) is 1.37. The molecule has 0 fully saturated rings. The fraction of sp³-hybridized carbons (Fsp3) is 0.150. The van der Waals surface area contributed by atoms with E-state index < -0.39 is 11.8 Å². The number of hydrogen-bond acceptors (Lipinski definition) is 3. The zero-order valence-corrected chi connectivity index (χ0v) is 14.8.